The molecule has 1 aromatic carbocycles. The topological polar surface area (TPSA) is 52.5 Å². The van der Waals surface area contributed by atoms with E-state index in [0.717, 1.165) is 75.7 Å². The van der Waals surface area contributed by atoms with Crippen molar-refractivity contribution in [3.8, 4) is 0 Å². The van der Waals surface area contributed by atoms with Crippen molar-refractivity contribution >= 4 is 5.82 Å². The lowest BCUT2D eigenvalue weighted by Gasteiger charge is -2.37. The molecule has 1 fully saturated rings. The van der Waals surface area contributed by atoms with E-state index in [2.05, 4.69) is 59.8 Å². The third-order valence-corrected chi connectivity index (χ3v) is 5.84. The molecule has 0 spiro atoms. The number of hydrogen-bond acceptors (Lipinski definition) is 5. The van der Waals surface area contributed by atoms with Crippen molar-refractivity contribution in [3.05, 3.63) is 52.5 Å². The van der Waals surface area contributed by atoms with E-state index in [1.54, 1.807) is 0 Å². The second kappa shape index (κ2) is 10.2. The molecule has 0 unspecified atom stereocenters. The molecule has 1 aliphatic rings. The molecule has 1 aromatic heterocycles. The number of aliphatic hydroxyl groups excluding tert-OH is 1. The minimum Gasteiger partial charge on any atom is -0.392 e. The highest BCUT2D eigenvalue weighted by Gasteiger charge is 2.23. The largest absolute Gasteiger partial charge is 0.392 e. The number of piperazine rings is 1. The van der Waals surface area contributed by atoms with Gasteiger partial charge in [-0.3, -0.25) is 4.90 Å². The SMILES string of the molecule is CCCC[C@@H](O)CN1CCN(c2nc(C)nc(C)c2Cc2ccc(C)cc2)CC1. The molecule has 1 N–H and O–H groups in total. The van der Waals surface area contributed by atoms with E-state index in [0.29, 0.717) is 0 Å². The Morgan fingerprint density at radius 2 is 1.69 bits per heavy atom. The predicted octanol–water partition coefficient (Wildman–Crippen LogP) is 3.67. The highest BCUT2D eigenvalue weighted by atomic mass is 16.3. The summed E-state index contributed by atoms with van der Waals surface area (Å²) in [7, 11) is 0. The molecule has 0 radical (unpaired) electrons. The fraction of sp³-hybridized carbons (Fsp3) is 0.583. The van der Waals surface area contributed by atoms with Gasteiger partial charge in [0.05, 0.1) is 6.10 Å². The van der Waals surface area contributed by atoms with Gasteiger partial charge in [0.2, 0.25) is 0 Å². The number of β-amino-alcohol motifs (C(OH)–C–C–N with tert-alkyl or cyclic N) is 1. The van der Waals surface area contributed by atoms with Gasteiger partial charge in [-0.05, 0) is 32.8 Å². The maximum atomic E-state index is 10.2. The van der Waals surface area contributed by atoms with Crippen LogP contribution >= 0.6 is 0 Å². The number of aliphatic hydroxyl groups is 1. The number of hydrogen-bond donors (Lipinski definition) is 1. The van der Waals surface area contributed by atoms with Crippen molar-refractivity contribution in [2.24, 2.45) is 0 Å². The van der Waals surface area contributed by atoms with E-state index < -0.39 is 0 Å². The molecule has 2 heterocycles. The Hall–Kier alpha value is -1.98. The maximum Gasteiger partial charge on any atom is 0.136 e. The molecule has 29 heavy (non-hydrogen) atoms. The minimum atomic E-state index is -0.206. The number of benzene rings is 1. The van der Waals surface area contributed by atoms with Crippen LogP contribution in [0.15, 0.2) is 24.3 Å². The molecule has 0 saturated carbocycles. The van der Waals surface area contributed by atoms with Gasteiger partial charge in [0.15, 0.2) is 0 Å². The molecule has 1 saturated heterocycles. The van der Waals surface area contributed by atoms with Crippen molar-refractivity contribution in [2.45, 2.75) is 59.5 Å². The summed E-state index contributed by atoms with van der Waals surface area (Å²) in [5.41, 5.74) is 4.88. The second-order valence-corrected chi connectivity index (χ2v) is 8.40. The van der Waals surface area contributed by atoms with Crippen LogP contribution in [0.4, 0.5) is 5.82 Å². The van der Waals surface area contributed by atoms with Gasteiger partial charge in [-0.1, -0.05) is 49.6 Å². The van der Waals surface area contributed by atoms with Gasteiger partial charge in [0, 0.05) is 50.4 Å². The van der Waals surface area contributed by atoms with Crippen molar-refractivity contribution in [2.75, 3.05) is 37.6 Å². The Kier molecular flexibility index (Phi) is 7.62. The predicted molar refractivity (Wildman–Crippen MR) is 120 cm³/mol. The highest BCUT2D eigenvalue weighted by molar-refractivity contribution is 5.51. The van der Waals surface area contributed by atoms with Crippen LogP contribution in [0.5, 0.6) is 0 Å². The molecule has 1 aliphatic heterocycles. The summed E-state index contributed by atoms with van der Waals surface area (Å²) >= 11 is 0. The molecule has 0 bridgehead atoms. The molecule has 1 atom stereocenters. The Morgan fingerprint density at radius 3 is 2.34 bits per heavy atom. The van der Waals surface area contributed by atoms with E-state index in [1.165, 1.54) is 16.7 Å². The molecule has 5 nitrogen and oxygen atoms in total. The summed E-state index contributed by atoms with van der Waals surface area (Å²) in [6.07, 6.45) is 3.80. The lowest BCUT2D eigenvalue weighted by Crippen LogP contribution is -2.49. The first-order valence-electron chi connectivity index (χ1n) is 11.0. The van der Waals surface area contributed by atoms with Gasteiger partial charge in [0.1, 0.15) is 11.6 Å². The Morgan fingerprint density at radius 1 is 1.00 bits per heavy atom. The lowest BCUT2D eigenvalue weighted by atomic mass is 10.0. The summed E-state index contributed by atoms with van der Waals surface area (Å²) in [6.45, 7) is 13.0. The molecule has 5 heteroatoms. The van der Waals surface area contributed by atoms with Crippen LogP contribution in [0, 0.1) is 20.8 Å². The summed E-state index contributed by atoms with van der Waals surface area (Å²) in [5, 5.41) is 10.2. The maximum absolute atomic E-state index is 10.2. The summed E-state index contributed by atoms with van der Waals surface area (Å²) < 4.78 is 0. The normalized spacial score (nSPS) is 16.2. The number of aryl methyl sites for hydroxylation is 3. The molecular weight excluding hydrogens is 360 g/mol. The van der Waals surface area contributed by atoms with Crippen LogP contribution in [0.2, 0.25) is 0 Å². The lowest BCUT2D eigenvalue weighted by molar-refractivity contribution is 0.100. The van der Waals surface area contributed by atoms with E-state index in [1.807, 2.05) is 6.92 Å². The van der Waals surface area contributed by atoms with E-state index in [9.17, 15) is 5.11 Å². The van der Waals surface area contributed by atoms with Gasteiger partial charge < -0.3 is 10.0 Å². The molecule has 0 amide bonds. The fourth-order valence-electron chi connectivity index (χ4n) is 4.07. The number of aromatic nitrogens is 2. The monoisotopic (exact) mass is 396 g/mol. The first-order valence-corrected chi connectivity index (χ1v) is 11.0. The molecular formula is C24H36N4O. The zero-order chi connectivity index (χ0) is 20.8. The van der Waals surface area contributed by atoms with Crippen molar-refractivity contribution in [1.29, 1.82) is 0 Å². The van der Waals surface area contributed by atoms with Gasteiger partial charge >= 0.3 is 0 Å². The molecule has 3 rings (SSSR count). The highest BCUT2D eigenvalue weighted by Crippen LogP contribution is 2.25. The van der Waals surface area contributed by atoms with Crippen LogP contribution < -0.4 is 4.90 Å². The Bertz CT molecular complexity index is 782. The van der Waals surface area contributed by atoms with Crippen molar-refractivity contribution < 1.29 is 5.11 Å². The van der Waals surface area contributed by atoms with Crippen LogP contribution in [0.25, 0.3) is 0 Å². The van der Waals surface area contributed by atoms with E-state index in [-0.39, 0.29) is 6.10 Å². The first kappa shape index (κ1) is 21.7. The first-order chi connectivity index (χ1) is 14.0. The van der Waals surface area contributed by atoms with Crippen LogP contribution in [-0.2, 0) is 6.42 Å². The third kappa shape index (κ3) is 6.00. The van der Waals surface area contributed by atoms with Crippen LogP contribution in [0.3, 0.4) is 0 Å². The molecule has 158 valence electrons. The smallest absolute Gasteiger partial charge is 0.136 e. The van der Waals surface area contributed by atoms with Crippen LogP contribution in [0.1, 0.15) is 54.4 Å². The van der Waals surface area contributed by atoms with Gasteiger partial charge in [-0.25, -0.2) is 9.97 Å². The Balaban J connectivity index is 1.69. The van der Waals surface area contributed by atoms with Crippen molar-refractivity contribution in [3.63, 3.8) is 0 Å². The van der Waals surface area contributed by atoms with Crippen molar-refractivity contribution in [1.82, 2.24) is 14.9 Å². The van der Waals surface area contributed by atoms with E-state index in [4.69, 9.17) is 4.98 Å². The average Bonchev–Trinajstić information content (AvgIpc) is 2.70. The number of unbranched alkanes of at least 4 members (excludes halogenated alkanes) is 1. The van der Waals surface area contributed by atoms with Gasteiger partial charge in [-0.2, -0.15) is 0 Å². The molecule has 0 aliphatic carbocycles. The third-order valence-electron chi connectivity index (χ3n) is 5.84. The second-order valence-electron chi connectivity index (χ2n) is 8.40. The van der Waals surface area contributed by atoms with E-state index >= 15 is 0 Å². The minimum absolute atomic E-state index is 0.206. The summed E-state index contributed by atoms with van der Waals surface area (Å²) in [5.74, 6) is 1.92. The number of anilines is 1. The zero-order valence-electron chi connectivity index (χ0n) is 18.5. The number of nitrogens with zero attached hydrogens (tertiary/aromatic N) is 4. The summed E-state index contributed by atoms with van der Waals surface area (Å²) in [6, 6.07) is 8.74. The van der Waals surface area contributed by atoms with Gasteiger partial charge in [-0.15, -0.1) is 0 Å². The van der Waals surface area contributed by atoms with Crippen LogP contribution in [-0.4, -0.2) is 58.8 Å². The van der Waals surface area contributed by atoms with Gasteiger partial charge in [0.25, 0.3) is 0 Å². The standard InChI is InChI=1S/C24H36N4O/c1-5-6-7-22(29)17-27-12-14-28(15-13-27)24-23(19(3)25-20(4)26-24)16-21-10-8-18(2)9-11-21/h8-11,22,29H,5-7,12-17H2,1-4H3/t22-/m1/s1. The average molecular weight is 397 g/mol. The molecule has 2 aromatic rings. The Labute approximate surface area is 175 Å². The quantitative estimate of drug-likeness (QED) is 0.738. The number of rotatable bonds is 8. The summed E-state index contributed by atoms with van der Waals surface area (Å²) in [4.78, 5) is 14.3. The zero-order valence-corrected chi connectivity index (χ0v) is 18.5. The fourth-order valence-corrected chi connectivity index (χ4v) is 4.07.